The van der Waals surface area contributed by atoms with Crippen LogP contribution in [-0.4, -0.2) is 24.2 Å². The number of carbonyl (C=O) groups excluding carboxylic acids is 1. The summed E-state index contributed by atoms with van der Waals surface area (Å²) in [4.78, 5) is 12.7. The highest BCUT2D eigenvalue weighted by atomic mass is 35.5. The number of nitrogens with one attached hydrogen (secondary N) is 1. The second-order valence-electron chi connectivity index (χ2n) is 4.54. The molecule has 0 aliphatic carbocycles. The molecule has 0 aliphatic rings. The van der Waals surface area contributed by atoms with Gasteiger partial charge in [0.15, 0.2) is 0 Å². The number of hydrogen-bond donors (Lipinski definition) is 3. The van der Waals surface area contributed by atoms with Crippen LogP contribution in [0.2, 0.25) is 5.02 Å². The molecular weight excluding hydrogens is 282 g/mol. The van der Waals surface area contributed by atoms with Gasteiger partial charge in [-0.2, -0.15) is 0 Å². The van der Waals surface area contributed by atoms with Gasteiger partial charge in [0, 0.05) is 18.0 Å². The number of thiol groups is 1. The van der Waals surface area contributed by atoms with E-state index in [-0.39, 0.29) is 12.5 Å². The summed E-state index contributed by atoms with van der Waals surface area (Å²) in [6.07, 6.45) is 2.73. The van der Waals surface area contributed by atoms with Crippen LogP contribution in [-0.2, 0) is 0 Å². The molecule has 3 nitrogen and oxygen atoms in total. The van der Waals surface area contributed by atoms with Crippen LogP contribution in [0, 0.1) is 5.92 Å². The van der Waals surface area contributed by atoms with E-state index in [1.54, 1.807) is 18.2 Å². The lowest BCUT2D eigenvalue weighted by molar-refractivity contribution is 0.0943. The predicted octanol–water partition coefficient (Wildman–Crippen LogP) is 3.16. The minimum atomic E-state index is -0.194. The molecule has 0 aliphatic heterocycles. The van der Waals surface area contributed by atoms with Crippen LogP contribution in [0.5, 0.6) is 0 Å². The van der Waals surface area contributed by atoms with E-state index in [4.69, 9.17) is 16.7 Å². The van der Waals surface area contributed by atoms with Gasteiger partial charge in [0.25, 0.3) is 5.91 Å². The maximum absolute atomic E-state index is 12.0. The van der Waals surface area contributed by atoms with E-state index in [1.165, 1.54) is 0 Å². The molecule has 0 radical (unpaired) electrons. The summed E-state index contributed by atoms with van der Waals surface area (Å²) in [6.45, 7) is 2.79. The molecular formula is C14H20ClNO2S. The highest BCUT2D eigenvalue weighted by molar-refractivity contribution is 7.80. The van der Waals surface area contributed by atoms with Crippen LogP contribution >= 0.6 is 24.2 Å². The van der Waals surface area contributed by atoms with Crippen LogP contribution < -0.4 is 5.32 Å². The number of aliphatic hydroxyl groups is 1. The van der Waals surface area contributed by atoms with Crippen molar-refractivity contribution in [2.45, 2.75) is 31.1 Å². The quantitative estimate of drug-likeness (QED) is 0.678. The SMILES string of the molecule is CCCC(CCO)CNC(=O)c1cc(S)ccc1Cl. The zero-order chi connectivity index (χ0) is 14.3. The number of benzene rings is 1. The molecule has 0 aromatic heterocycles. The first-order chi connectivity index (χ1) is 9.08. The van der Waals surface area contributed by atoms with Gasteiger partial charge in [-0.05, 0) is 37.0 Å². The molecule has 0 saturated carbocycles. The Kier molecular flexibility index (Phi) is 7.28. The molecule has 5 heteroatoms. The second kappa shape index (κ2) is 8.46. The average molecular weight is 302 g/mol. The highest BCUT2D eigenvalue weighted by Crippen LogP contribution is 2.19. The van der Waals surface area contributed by atoms with E-state index in [9.17, 15) is 4.79 Å². The molecule has 1 rings (SSSR count). The van der Waals surface area contributed by atoms with E-state index in [1.807, 2.05) is 0 Å². The number of halogens is 1. The standard InChI is InChI=1S/C14H20ClNO2S/c1-2-3-10(6-7-17)9-16-14(18)12-8-11(19)4-5-13(12)15/h4-5,8,10,17,19H,2-3,6-7,9H2,1H3,(H,16,18). The first kappa shape index (κ1) is 16.3. The van der Waals surface area contributed by atoms with Crippen molar-refractivity contribution in [3.63, 3.8) is 0 Å². The highest BCUT2D eigenvalue weighted by Gasteiger charge is 2.13. The second-order valence-corrected chi connectivity index (χ2v) is 5.46. The molecule has 0 bridgehead atoms. The van der Waals surface area contributed by atoms with Gasteiger partial charge in [-0.3, -0.25) is 4.79 Å². The van der Waals surface area contributed by atoms with Crippen molar-refractivity contribution in [1.29, 1.82) is 0 Å². The smallest absolute Gasteiger partial charge is 0.252 e. The van der Waals surface area contributed by atoms with Crippen LogP contribution in [0.1, 0.15) is 36.5 Å². The molecule has 106 valence electrons. The van der Waals surface area contributed by atoms with Crippen LogP contribution in [0.15, 0.2) is 23.1 Å². The summed E-state index contributed by atoms with van der Waals surface area (Å²) in [5.74, 6) is 0.108. The van der Waals surface area contributed by atoms with Crippen molar-refractivity contribution >= 4 is 30.1 Å². The Bertz CT molecular complexity index is 420. The molecule has 1 aromatic rings. The topological polar surface area (TPSA) is 49.3 Å². The Morgan fingerprint density at radius 2 is 2.21 bits per heavy atom. The molecule has 1 unspecified atom stereocenters. The molecule has 0 heterocycles. The summed E-state index contributed by atoms with van der Waals surface area (Å²) in [7, 11) is 0. The van der Waals surface area contributed by atoms with E-state index in [2.05, 4.69) is 24.9 Å². The normalized spacial score (nSPS) is 12.2. The summed E-state index contributed by atoms with van der Waals surface area (Å²) >= 11 is 10.2. The summed E-state index contributed by atoms with van der Waals surface area (Å²) in [5, 5.41) is 12.3. The molecule has 1 aromatic carbocycles. The third-order valence-corrected chi connectivity index (χ3v) is 3.59. The molecule has 19 heavy (non-hydrogen) atoms. The van der Waals surface area contributed by atoms with E-state index in [0.29, 0.717) is 34.4 Å². The Morgan fingerprint density at radius 3 is 2.84 bits per heavy atom. The van der Waals surface area contributed by atoms with Gasteiger partial charge in [-0.15, -0.1) is 12.6 Å². The lowest BCUT2D eigenvalue weighted by Crippen LogP contribution is -2.30. The Balaban J connectivity index is 2.61. The van der Waals surface area contributed by atoms with Gasteiger partial charge < -0.3 is 10.4 Å². The lowest BCUT2D eigenvalue weighted by Gasteiger charge is -2.16. The number of aliphatic hydroxyl groups excluding tert-OH is 1. The van der Waals surface area contributed by atoms with Crippen molar-refractivity contribution in [2.75, 3.05) is 13.2 Å². The number of rotatable bonds is 7. The van der Waals surface area contributed by atoms with Crippen molar-refractivity contribution in [2.24, 2.45) is 5.92 Å². The molecule has 0 fully saturated rings. The van der Waals surface area contributed by atoms with E-state index < -0.39 is 0 Å². The molecule has 0 spiro atoms. The first-order valence-corrected chi connectivity index (χ1v) is 7.28. The van der Waals surface area contributed by atoms with Gasteiger partial charge in [0.05, 0.1) is 10.6 Å². The zero-order valence-electron chi connectivity index (χ0n) is 11.0. The van der Waals surface area contributed by atoms with E-state index >= 15 is 0 Å². The molecule has 2 N–H and O–H groups in total. The van der Waals surface area contributed by atoms with Crippen LogP contribution in [0.25, 0.3) is 0 Å². The fourth-order valence-corrected chi connectivity index (χ4v) is 2.37. The molecule has 1 amide bonds. The monoisotopic (exact) mass is 301 g/mol. The Hall–Kier alpha value is -0.710. The van der Waals surface area contributed by atoms with Gasteiger partial charge >= 0.3 is 0 Å². The number of hydrogen-bond acceptors (Lipinski definition) is 3. The lowest BCUT2D eigenvalue weighted by atomic mass is 10.00. The van der Waals surface area contributed by atoms with Gasteiger partial charge in [0.1, 0.15) is 0 Å². The van der Waals surface area contributed by atoms with Crippen molar-refractivity contribution in [3.05, 3.63) is 28.8 Å². The summed E-state index contributed by atoms with van der Waals surface area (Å²) in [6, 6.07) is 5.06. The van der Waals surface area contributed by atoms with Crippen molar-refractivity contribution in [3.8, 4) is 0 Å². The van der Waals surface area contributed by atoms with Crippen LogP contribution in [0.4, 0.5) is 0 Å². The largest absolute Gasteiger partial charge is 0.396 e. The molecule has 1 atom stereocenters. The van der Waals surface area contributed by atoms with Crippen LogP contribution in [0.3, 0.4) is 0 Å². The summed E-state index contributed by atoms with van der Waals surface area (Å²) < 4.78 is 0. The first-order valence-electron chi connectivity index (χ1n) is 6.46. The number of carbonyl (C=O) groups is 1. The third kappa shape index (κ3) is 5.43. The van der Waals surface area contributed by atoms with Crippen molar-refractivity contribution < 1.29 is 9.90 Å². The average Bonchev–Trinajstić information content (AvgIpc) is 2.39. The van der Waals surface area contributed by atoms with E-state index in [0.717, 1.165) is 12.8 Å². The Labute approximate surface area is 124 Å². The Morgan fingerprint density at radius 1 is 1.47 bits per heavy atom. The third-order valence-electron chi connectivity index (χ3n) is 2.98. The fraction of sp³-hybridized carbons (Fsp3) is 0.500. The van der Waals surface area contributed by atoms with Crippen molar-refractivity contribution in [1.82, 2.24) is 5.32 Å². The fourth-order valence-electron chi connectivity index (χ4n) is 1.96. The minimum Gasteiger partial charge on any atom is -0.396 e. The van der Waals surface area contributed by atoms with Gasteiger partial charge in [0.2, 0.25) is 0 Å². The number of amides is 1. The molecule has 0 saturated heterocycles. The maximum atomic E-state index is 12.0. The maximum Gasteiger partial charge on any atom is 0.252 e. The van der Waals surface area contributed by atoms with Gasteiger partial charge in [-0.1, -0.05) is 24.9 Å². The minimum absolute atomic E-state index is 0.146. The van der Waals surface area contributed by atoms with Gasteiger partial charge in [-0.25, -0.2) is 0 Å². The summed E-state index contributed by atoms with van der Waals surface area (Å²) in [5.41, 5.74) is 0.438. The predicted molar refractivity (Wildman–Crippen MR) is 81.1 cm³/mol. The zero-order valence-corrected chi connectivity index (χ0v) is 12.7.